The number of amides is 1. The quantitative estimate of drug-likeness (QED) is 0.169. The molecule has 1 fully saturated rings. The molecule has 3 heterocycles. The molecule has 0 bridgehead atoms. The first-order valence-corrected chi connectivity index (χ1v) is 14.4. The van der Waals surface area contributed by atoms with Gasteiger partial charge in [0.25, 0.3) is 5.91 Å². The summed E-state index contributed by atoms with van der Waals surface area (Å²) in [5.41, 5.74) is 3.29. The van der Waals surface area contributed by atoms with Crippen molar-refractivity contribution in [1.82, 2.24) is 10.3 Å². The summed E-state index contributed by atoms with van der Waals surface area (Å²) in [5.74, 6) is 2.68. The van der Waals surface area contributed by atoms with E-state index in [4.69, 9.17) is 26.1 Å². The van der Waals surface area contributed by atoms with Gasteiger partial charge in [-0.2, -0.15) is 0 Å². The van der Waals surface area contributed by atoms with Crippen LogP contribution in [-0.4, -0.2) is 29.2 Å². The number of carbonyl (C=O) groups is 1. The molecule has 3 aromatic carbocycles. The number of para-hydroxylation sites is 1. The third kappa shape index (κ3) is 6.37. The lowest BCUT2D eigenvalue weighted by molar-refractivity contribution is -0.118. The van der Waals surface area contributed by atoms with E-state index in [2.05, 4.69) is 15.6 Å². The number of ether oxygens (including phenoxy) is 2. The number of benzene rings is 3. The Kier molecular flexibility index (Phi) is 8.33. The lowest BCUT2D eigenvalue weighted by Gasteiger charge is -2.26. The highest BCUT2D eigenvalue weighted by atomic mass is 32.1. The van der Waals surface area contributed by atoms with Crippen LogP contribution in [0.3, 0.4) is 0 Å². The number of nitrogens with zero attached hydrogens (tertiary/aromatic N) is 2. The van der Waals surface area contributed by atoms with Crippen LogP contribution in [-0.2, 0) is 4.79 Å². The van der Waals surface area contributed by atoms with Gasteiger partial charge in [0, 0.05) is 23.1 Å². The van der Waals surface area contributed by atoms with Crippen molar-refractivity contribution in [3.8, 4) is 22.8 Å². The molecule has 0 unspecified atom stereocenters. The fourth-order valence-electron chi connectivity index (χ4n) is 5.04. The molecule has 1 aliphatic heterocycles. The van der Waals surface area contributed by atoms with Gasteiger partial charge in [-0.25, -0.2) is 0 Å². The molecular weight excluding hydrogens is 560 g/mol. The molecular formula is C34H30N4O4S. The van der Waals surface area contributed by atoms with Gasteiger partial charge in [-0.05, 0) is 104 Å². The van der Waals surface area contributed by atoms with Crippen LogP contribution in [0.15, 0.2) is 120 Å². The predicted molar refractivity (Wildman–Crippen MR) is 170 cm³/mol. The van der Waals surface area contributed by atoms with E-state index >= 15 is 0 Å². The summed E-state index contributed by atoms with van der Waals surface area (Å²) >= 11 is 5.84. The SMILES string of the molecule is CCOc1ccc(-c2ccc([C@@H]3[C@@H](c4ccccn4)NC(=S)N3c3ccc(NC(=O)COc4ccccc4)cc3)o2)cc1. The van der Waals surface area contributed by atoms with Gasteiger partial charge in [-0.15, -0.1) is 0 Å². The fraction of sp³-hybridized carbons (Fsp3) is 0.147. The van der Waals surface area contributed by atoms with Crippen molar-refractivity contribution in [3.63, 3.8) is 0 Å². The average Bonchev–Trinajstić information content (AvgIpc) is 3.67. The summed E-state index contributed by atoms with van der Waals surface area (Å²) < 4.78 is 17.6. The zero-order valence-electron chi connectivity index (χ0n) is 23.5. The molecule has 8 nitrogen and oxygen atoms in total. The molecule has 1 saturated heterocycles. The van der Waals surface area contributed by atoms with Crippen LogP contribution in [0, 0.1) is 0 Å². The van der Waals surface area contributed by atoms with Crippen LogP contribution in [0.1, 0.15) is 30.5 Å². The van der Waals surface area contributed by atoms with E-state index in [0.717, 1.165) is 34.2 Å². The first-order valence-electron chi connectivity index (χ1n) is 14.0. The zero-order chi connectivity index (χ0) is 29.6. The summed E-state index contributed by atoms with van der Waals surface area (Å²) in [7, 11) is 0. The molecule has 2 N–H and O–H groups in total. The number of furan rings is 1. The fourth-order valence-corrected chi connectivity index (χ4v) is 5.38. The maximum absolute atomic E-state index is 12.5. The number of hydrogen-bond acceptors (Lipinski definition) is 6. The summed E-state index contributed by atoms with van der Waals surface area (Å²) in [6, 6.07) is 33.8. The molecule has 0 saturated carbocycles. The van der Waals surface area contributed by atoms with Crippen molar-refractivity contribution >= 4 is 34.6 Å². The molecule has 1 aliphatic rings. The van der Waals surface area contributed by atoms with Gasteiger partial charge in [0.15, 0.2) is 11.7 Å². The van der Waals surface area contributed by atoms with E-state index in [1.54, 1.807) is 6.20 Å². The van der Waals surface area contributed by atoms with Crippen LogP contribution >= 0.6 is 12.2 Å². The normalized spacial score (nSPS) is 16.0. The average molecular weight is 591 g/mol. The lowest BCUT2D eigenvalue weighted by atomic mass is 10.0. The second kappa shape index (κ2) is 12.8. The Morgan fingerprint density at radius 3 is 2.37 bits per heavy atom. The number of carbonyl (C=O) groups excluding carboxylic acids is 1. The van der Waals surface area contributed by atoms with Crippen LogP contribution in [0.25, 0.3) is 11.3 Å². The number of thiocarbonyl (C=S) groups is 1. The summed E-state index contributed by atoms with van der Waals surface area (Å²) in [6.45, 7) is 2.48. The van der Waals surface area contributed by atoms with E-state index in [1.807, 2.05) is 121 Å². The number of rotatable bonds is 10. The van der Waals surface area contributed by atoms with Gasteiger partial charge >= 0.3 is 0 Å². The van der Waals surface area contributed by atoms with E-state index in [9.17, 15) is 4.79 Å². The number of anilines is 2. The molecule has 6 rings (SSSR count). The molecule has 2 aromatic heterocycles. The van der Waals surface area contributed by atoms with E-state index < -0.39 is 0 Å². The molecule has 2 atom stereocenters. The van der Waals surface area contributed by atoms with Gasteiger partial charge < -0.3 is 29.4 Å². The highest BCUT2D eigenvalue weighted by Gasteiger charge is 2.42. The Morgan fingerprint density at radius 1 is 0.907 bits per heavy atom. The van der Waals surface area contributed by atoms with Gasteiger partial charge in [0.2, 0.25) is 0 Å². The predicted octanol–water partition coefficient (Wildman–Crippen LogP) is 6.93. The van der Waals surface area contributed by atoms with E-state index in [1.165, 1.54) is 0 Å². The second-order valence-corrected chi connectivity index (χ2v) is 10.2. The van der Waals surface area contributed by atoms with Crippen molar-refractivity contribution in [3.05, 3.63) is 127 Å². The van der Waals surface area contributed by atoms with Crippen LogP contribution in [0.4, 0.5) is 11.4 Å². The Balaban J connectivity index is 1.24. The van der Waals surface area contributed by atoms with Gasteiger partial charge in [0.1, 0.15) is 29.1 Å². The van der Waals surface area contributed by atoms with E-state index in [0.29, 0.717) is 23.2 Å². The third-order valence-electron chi connectivity index (χ3n) is 7.01. The monoisotopic (exact) mass is 590 g/mol. The highest BCUT2D eigenvalue weighted by molar-refractivity contribution is 7.80. The number of aromatic nitrogens is 1. The molecule has 0 radical (unpaired) electrons. The number of nitrogens with one attached hydrogen (secondary N) is 2. The maximum atomic E-state index is 12.5. The van der Waals surface area contributed by atoms with Crippen molar-refractivity contribution in [2.24, 2.45) is 0 Å². The Bertz CT molecular complexity index is 1680. The van der Waals surface area contributed by atoms with Crippen molar-refractivity contribution < 1.29 is 18.7 Å². The molecule has 9 heteroatoms. The Labute approximate surface area is 255 Å². The summed E-state index contributed by atoms with van der Waals surface area (Å²) in [6.07, 6.45) is 1.77. The summed E-state index contributed by atoms with van der Waals surface area (Å²) in [5, 5.41) is 6.88. The smallest absolute Gasteiger partial charge is 0.262 e. The molecule has 0 spiro atoms. The van der Waals surface area contributed by atoms with Gasteiger partial charge in [-0.3, -0.25) is 9.78 Å². The number of pyridine rings is 1. The van der Waals surface area contributed by atoms with Crippen LogP contribution in [0.5, 0.6) is 11.5 Å². The molecule has 5 aromatic rings. The molecule has 0 aliphatic carbocycles. The zero-order valence-corrected chi connectivity index (χ0v) is 24.3. The topological polar surface area (TPSA) is 88.9 Å². The molecule has 1 amide bonds. The lowest BCUT2D eigenvalue weighted by Crippen LogP contribution is -2.29. The Morgan fingerprint density at radius 2 is 1.65 bits per heavy atom. The minimum absolute atomic E-state index is 0.0884. The van der Waals surface area contributed by atoms with Gasteiger partial charge in [-0.1, -0.05) is 24.3 Å². The maximum Gasteiger partial charge on any atom is 0.262 e. The molecule has 43 heavy (non-hydrogen) atoms. The first kappa shape index (κ1) is 28.0. The van der Waals surface area contributed by atoms with Crippen molar-refractivity contribution in [1.29, 1.82) is 0 Å². The second-order valence-electron chi connectivity index (χ2n) is 9.85. The minimum atomic E-state index is -0.307. The number of hydrogen-bond donors (Lipinski definition) is 2. The van der Waals surface area contributed by atoms with Crippen molar-refractivity contribution in [2.75, 3.05) is 23.4 Å². The largest absolute Gasteiger partial charge is 0.494 e. The molecule has 216 valence electrons. The van der Waals surface area contributed by atoms with Crippen LogP contribution in [0.2, 0.25) is 0 Å². The van der Waals surface area contributed by atoms with E-state index in [-0.39, 0.29) is 24.6 Å². The minimum Gasteiger partial charge on any atom is -0.494 e. The summed E-state index contributed by atoms with van der Waals surface area (Å²) in [4.78, 5) is 19.1. The van der Waals surface area contributed by atoms with Crippen molar-refractivity contribution in [2.45, 2.75) is 19.0 Å². The third-order valence-corrected chi connectivity index (χ3v) is 7.32. The van der Waals surface area contributed by atoms with Gasteiger partial charge in [0.05, 0.1) is 18.3 Å². The standard InChI is InChI=1S/C34H30N4O4S/c1-2-40-27-17-11-23(12-18-27)29-19-20-30(42-29)33-32(28-10-6-7-21-35-28)37-34(43)38(33)25-15-13-24(14-16-25)36-31(39)22-41-26-8-4-3-5-9-26/h3-21,32-33H,2,22H2,1H3,(H,36,39)(H,37,43)/t32-,33-/m1/s1. The highest BCUT2D eigenvalue weighted by Crippen LogP contribution is 2.43. The van der Waals surface area contributed by atoms with Crippen LogP contribution < -0.4 is 25.0 Å². The Hall–Kier alpha value is -5.15. The first-order chi connectivity index (χ1) is 21.1.